The van der Waals surface area contributed by atoms with Gasteiger partial charge < -0.3 is 9.88 Å². The van der Waals surface area contributed by atoms with Crippen LogP contribution in [0.5, 0.6) is 0 Å². The second-order valence-corrected chi connectivity index (χ2v) is 6.51. The maximum absolute atomic E-state index is 4.35. The standard InChI is InChI=1S/C16H22N4S/c1-13-7-4-5-8-14(13)17-10-12-21-16-19-18-15-9-3-2-6-11-20(15)16/h4-5,7-8,17H,2-3,6,9-12H2,1H3. The van der Waals surface area contributed by atoms with Gasteiger partial charge in [0.05, 0.1) is 0 Å². The van der Waals surface area contributed by atoms with Crippen LogP contribution in [0.3, 0.4) is 0 Å². The number of aryl methyl sites for hydroxylation is 2. The normalized spacial score (nSPS) is 14.5. The van der Waals surface area contributed by atoms with Gasteiger partial charge in [0.15, 0.2) is 5.16 Å². The molecule has 0 radical (unpaired) electrons. The second-order valence-electron chi connectivity index (χ2n) is 5.45. The SMILES string of the molecule is Cc1ccccc1NCCSc1nnc2n1CCCCC2. The first-order valence-corrected chi connectivity index (χ1v) is 8.67. The van der Waals surface area contributed by atoms with E-state index < -0.39 is 0 Å². The molecule has 4 nitrogen and oxygen atoms in total. The van der Waals surface area contributed by atoms with Gasteiger partial charge in [0.2, 0.25) is 0 Å². The fourth-order valence-corrected chi connectivity index (χ4v) is 3.50. The van der Waals surface area contributed by atoms with Crippen LogP contribution in [0.1, 0.15) is 30.7 Å². The Balaban J connectivity index is 1.52. The fraction of sp³-hybridized carbons (Fsp3) is 0.500. The summed E-state index contributed by atoms with van der Waals surface area (Å²) in [6, 6.07) is 8.40. The quantitative estimate of drug-likeness (QED) is 0.678. The molecule has 0 saturated heterocycles. The number of benzene rings is 1. The fourth-order valence-electron chi connectivity index (χ4n) is 2.66. The molecule has 0 unspecified atom stereocenters. The van der Waals surface area contributed by atoms with Crippen molar-refractivity contribution in [1.29, 1.82) is 0 Å². The van der Waals surface area contributed by atoms with Crippen molar-refractivity contribution in [2.24, 2.45) is 0 Å². The van der Waals surface area contributed by atoms with Gasteiger partial charge in [-0.3, -0.25) is 0 Å². The van der Waals surface area contributed by atoms with Gasteiger partial charge in [-0.2, -0.15) is 0 Å². The minimum Gasteiger partial charge on any atom is -0.384 e. The van der Waals surface area contributed by atoms with Crippen molar-refractivity contribution in [2.75, 3.05) is 17.6 Å². The van der Waals surface area contributed by atoms with E-state index in [1.807, 2.05) is 0 Å². The summed E-state index contributed by atoms with van der Waals surface area (Å²) in [5.74, 6) is 2.17. The molecule has 1 aliphatic rings. The molecule has 1 aliphatic heterocycles. The Labute approximate surface area is 130 Å². The van der Waals surface area contributed by atoms with Crippen molar-refractivity contribution < 1.29 is 0 Å². The van der Waals surface area contributed by atoms with Crippen LogP contribution >= 0.6 is 11.8 Å². The highest BCUT2D eigenvalue weighted by molar-refractivity contribution is 7.99. The summed E-state index contributed by atoms with van der Waals surface area (Å²) in [4.78, 5) is 0. The monoisotopic (exact) mass is 302 g/mol. The Morgan fingerprint density at radius 1 is 1.19 bits per heavy atom. The minimum absolute atomic E-state index is 0.942. The van der Waals surface area contributed by atoms with E-state index in [1.54, 1.807) is 11.8 Å². The van der Waals surface area contributed by atoms with Crippen LogP contribution in [0.2, 0.25) is 0 Å². The molecule has 21 heavy (non-hydrogen) atoms. The van der Waals surface area contributed by atoms with Crippen LogP contribution in [0.4, 0.5) is 5.69 Å². The van der Waals surface area contributed by atoms with Crippen LogP contribution in [0.25, 0.3) is 0 Å². The summed E-state index contributed by atoms with van der Waals surface area (Å²) in [7, 11) is 0. The van der Waals surface area contributed by atoms with Crippen molar-refractivity contribution in [3.05, 3.63) is 35.7 Å². The third-order valence-electron chi connectivity index (χ3n) is 3.87. The van der Waals surface area contributed by atoms with Crippen molar-refractivity contribution in [1.82, 2.24) is 14.8 Å². The van der Waals surface area contributed by atoms with Crippen molar-refractivity contribution in [3.63, 3.8) is 0 Å². The predicted octanol–water partition coefficient (Wildman–Crippen LogP) is 3.52. The topological polar surface area (TPSA) is 42.7 Å². The maximum atomic E-state index is 4.35. The zero-order valence-electron chi connectivity index (χ0n) is 12.5. The molecule has 0 saturated carbocycles. The van der Waals surface area contributed by atoms with E-state index in [2.05, 4.69) is 51.3 Å². The number of thioether (sulfide) groups is 1. The van der Waals surface area contributed by atoms with Crippen LogP contribution in [0, 0.1) is 6.92 Å². The lowest BCUT2D eigenvalue weighted by atomic mass is 10.2. The molecule has 0 bridgehead atoms. The molecule has 1 aromatic heterocycles. The minimum atomic E-state index is 0.942. The lowest BCUT2D eigenvalue weighted by molar-refractivity contribution is 0.591. The summed E-state index contributed by atoms with van der Waals surface area (Å²) in [6.07, 6.45) is 4.88. The van der Waals surface area contributed by atoms with Crippen molar-refractivity contribution in [2.45, 2.75) is 44.3 Å². The second kappa shape index (κ2) is 6.98. The Bertz CT molecular complexity index is 594. The third kappa shape index (κ3) is 3.59. The number of rotatable bonds is 5. The molecule has 0 spiro atoms. The molecule has 0 aliphatic carbocycles. The van der Waals surface area contributed by atoms with Crippen LogP contribution in [-0.2, 0) is 13.0 Å². The van der Waals surface area contributed by atoms with Gasteiger partial charge >= 0.3 is 0 Å². The zero-order valence-corrected chi connectivity index (χ0v) is 13.3. The highest BCUT2D eigenvalue weighted by Crippen LogP contribution is 2.22. The van der Waals surface area contributed by atoms with Gasteiger partial charge in [-0.25, -0.2) is 0 Å². The Morgan fingerprint density at radius 3 is 3.00 bits per heavy atom. The largest absolute Gasteiger partial charge is 0.384 e. The summed E-state index contributed by atoms with van der Waals surface area (Å²) in [5, 5.41) is 13.3. The first-order chi connectivity index (χ1) is 10.3. The molecule has 3 rings (SSSR count). The molecule has 1 N–H and O–H groups in total. The van der Waals surface area contributed by atoms with E-state index in [-0.39, 0.29) is 0 Å². The lowest BCUT2D eigenvalue weighted by Crippen LogP contribution is -2.07. The highest BCUT2D eigenvalue weighted by atomic mass is 32.2. The van der Waals surface area contributed by atoms with E-state index in [4.69, 9.17) is 0 Å². The number of anilines is 1. The number of nitrogens with one attached hydrogen (secondary N) is 1. The Hall–Kier alpha value is -1.49. The summed E-state index contributed by atoms with van der Waals surface area (Å²) >= 11 is 1.80. The van der Waals surface area contributed by atoms with Gasteiger partial charge in [0.25, 0.3) is 0 Å². The van der Waals surface area contributed by atoms with Crippen molar-refractivity contribution in [3.8, 4) is 0 Å². The van der Waals surface area contributed by atoms with Gasteiger partial charge in [-0.1, -0.05) is 36.4 Å². The lowest BCUT2D eigenvalue weighted by Gasteiger charge is -2.09. The molecule has 1 aromatic carbocycles. The number of para-hydroxylation sites is 1. The molecule has 2 heterocycles. The van der Waals surface area contributed by atoms with E-state index in [0.717, 1.165) is 30.4 Å². The van der Waals surface area contributed by atoms with Gasteiger partial charge in [-0.05, 0) is 31.4 Å². The molecular weight excluding hydrogens is 280 g/mol. The average molecular weight is 302 g/mol. The molecule has 0 fully saturated rings. The summed E-state index contributed by atoms with van der Waals surface area (Å²) in [6.45, 7) is 4.15. The number of hydrogen-bond donors (Lipinski definition) is 1. The maximum Gasteiger partial charge on any atom is 0.191 e. The Morgan fingerprint density at radius 2 is 2.10 bits per heavy atom. The number of hydrogen-bond acceptors (Lipinski definition) is 4. The molecule has 2 aromatic rings. The molecular formula is C16H22N4S. The smallest absolute Gasteiger partial charge is 0.191 e. The first-order valence-electron chi connectivity index (χ1n) is 7.69. The predicted molar refractivity (Wildman–Crippen MR) is 88.0 cm³/mol. The average Bonchev–Trinajstić information content (AvgIpc) is 2.73. The number of aromatic nitrogens is 3. The molecule has 112 valence electrons. The number of fused-ring (bicyclic) bond motifs is 1. The van der Waals surface area contributed by atoms with Gasteiger partial charge in [0, 0.05) is 31.0 Å². The highest BCUT2D eigenvalue weighted by Gasteiger charge is 2.14. The first kappa shape index (κ1) is 14.4. The third-order valence-corrected chi connectivity index (χ3v) is 4.84. The number of nitrogens with zero attached hydrogens (tertiary/aromatic N) is 3. The van der Waals surface area contributed by atoms with Crippen LogP contribution in [0.15, 0.2) is 29.4 Å². The van der Waals surface area contributed by atoms with Crippen LogP contribution in [-0.4, -0.2) is 27.1 Å². The van der Waals surface area contributed by atoms with Gasteiger partial charge in [0.1, 0.15) is 5.82 Å². The Kier molecular flexibility index (Phi) is 4.80. The molecule has 5 heteroatoms. The molecule has 0 atom stereocenters. The van der Waals surface area contributed by atoms with Crippen LogP contribution < -0.4 is 5.32 Å². The zero-order chi connectivity index (χ0) is 14.5. The van der Waals surface area contributed by atoms with E-state index >= 15 is 0 Å². The summed E-state index contributed by atoms with van der Waals surface area (Å²) < 4.78 is 2.31. The summed E-state index contributed by atoms with van der Waals surface area (Å²) in [5.41, 5.74) is 2.51. The van der Waals surface area contributed by atoms with E-state index in [9.17, 15) is 0 Å². The van der Waals surface area contributed by atoms with Crippen molar-refractivity contribution >= 4 is 17.4 Å². The van der Waals surface area contributed by atoms with E-state index in [1.165, 1.54) is 36.3 Å². The van der Waals surface area contributed by atoms with Gasteiger partial charge in [-0.15, -0.1) is 10.2 Å². The van der Waals surface area contributed by atoms with E-state index in [0.29, 0.717) is 0 Å². The molecule has 0 amide bonds.